The van der Waals surface area contributed by atoms with Crippen LogP contribution in [0.4, 0.5) is 5.82 Å². The molecule has 1 fully saturated rings. The summed E-state index contributed by atoms with van der Waals surface area (Å²) < 4.78 is 32.8. The van der Waals surface area contributed by atoms with Crippen LogP contribution in [0, 0.1) is 0 Å². The number of hydrogen-bond acceptors (Lipinski definition) is 4. The Hall–Kier alpha value is -2.32. The minimum absolute atomic E-state index is 0.167. The van der Waals surface area contributed by atoms with E-state index in [1.165, 1.54) is 0 Å². The lowest BCUT2D eigenvalue weighted by Crippen LogP contribution is -2.40. The van der Waals surface area contributed by atoms with Gasteiger partial charge < -0.3 is 14.6 Å². The Morgan fingerprint density at radius 3 is 2.38 bits per heavy atom. The maximum Gasteiger partial charge on any atom is 0.270 e. The zero-order chi connectivity index (χ0) is 18.7. The number of ether oxygens (including phenoxy) is 1. The van der Waals surface area contributed by atoms with Gasteiger partial charge in [0.05, 0.1) is 18.1 Å². The molecule has 0 spiro atoms. The topological polar surface area (TPSA) is 91.5 Å². The van der Waals surface area contributed by atoms with Crippen LogP contribution in [-0.4, -0.2) is 50.5 Å². The maximum atomic E-state index is 12.5. The summed E-state index contributed by atoms with van der Waals surface area (Å²) in [6.45, 7) is 6.18. The summed E-state index contributed by atoms with van der Waals surface area (Å²) in [4.78, 5) is 17.1. The average Bonchev–Trinajstić information content (AvgIpc) is 3.09. The molecular weight excluding hydrogens is 354 g/mol. The summed E-state index contributed by atoms with van der Waals surface area (Å²) in [6.07, 6.45) is 0. The van der Waals surface area contributed by atoms with Gasteiger partial charge in [-0.05, 0) is 35.7 Å². The third-order valence-electron chi connectivity index (χ3n) is 4.32. The van der Waals surface area contributed by atoms with Crippen LogP contribution in [0.15, 0.2) is 41.3 Å². The highest BCUT2D eigenvalue weighted by atomic mass is 32.2. The molecule has 1 aliphatic heterocycles. The Kier molecular flexibility index (Phi) is 5.33. The van der Waals surface area contributed by atoms with Crippen molar-refractivity contribution >= 4 is 21.7 Å². The van der Waals surface area contributed by atoms with E-state index in [1.54, 1.807) is 41.3 Å². The van der Waals surface area contributed by atoms with Gasteiger partial charge in [-0.25, -0.2) is 8.42 Å². The van der Waals surface area contributed by atoms with Crippen molar-refractivity contribution < 1.29 is 17.9 Å². The van der Waals surface area contributed by atoms with Crippen molar-refractivity contribution in [2.24, 2.45) is 0 Å². The molecule has 0 aliphatic carbocycles. The lowest BCUT2D eigenvalue weighted by molar-refractivity contribution is 0.0299. The summed E-state index contributed by atoms with van der Waals surface area (Å²) in [7, 11) is -3.72. The highest BCUT2D eigenvalue weighted by Gasteiger charge is 2.21. The Morgan fingerprint density at radius 2 is 1.77 bits per heavy atom. The molecule has 7 nitrogen and oxygen atoms in total. The van der Waals surface area contributed by atoms with Crippen molar-refractivity contribution in [1.82, 2.24) is 9.88 Å². The second-order valence-electron chi connectivity index (χ2n) is 6.52. The number of hydrogen-bond donors (Lipinski definition) is 2. The number of carbonyl (C=O) groups excluding carboxylic acids is 1. The Morgan fingerprint density at radius 1 is 1.12 bits per heavy atom. The molecule has 0 atom stereocenters. The van der Waals surface area contributed by atoms with E-state index < -0.39 is 10.0 Å². The molecule has 1 aliphatic rings. The Labute approximate surface area is 153 Å². The number of morpholine rings is 1. The van der Waals surface area contributed by atoms with Crippen LogP contribution in [0.1, 0.15) is 35.8 Å². The van der Waals surface area contributed by atoms with Crippen LogP contribution in [0.25, 0.3) is 0 Å². The third kappa shape index (κ3) is 4.08. The summed E-state index contributed by atoms with van der Waals surface area (Å²) >= 11 is 0. The fourth-order valence-electron chi connectivity index (χ4n) is 2.75. The quantitative estimate of drug-likeness (QED) is 0.837. The summed E-state index contributed by atoms with van der Waals surface area (Å²) in [5, 5.41) is 0. The van der Waals surface area contributed by atoms with Crippen molar-refractivity contribution in [3.8, 4) is 0 Å². The second-order valence-corrected chi connectivity index (χ2v) is 8.20. The van der Waals surface area contributed by atoms with Gasteiger partial charge in [-0.1, -0.05) is 26.0 Å². The fraction of sp³-hybridized carbons (Fsp3) is 0.389. The Bertz CT molecular complexity index is 866. The standard InChI is InChI=1S/C18H23N3O4S/c1-13(2)14-3-5-15(6-4-14)26(23,24)20-17-8-7-16(19-17)18(22)21-9-11-25-12-10-21/h3-8,13,19-20H,9-12H2,1-2H3. The van der Waals surface area contributed by atoms with Crippen molar-refractivity contribution in [1.29, 1.82) is 0 Å². The van der Waals surface area contributed by atoms with E-state index in [0.29, 0.717) is 37.9 Å². The molecule has 140 valence electrons. The van der Waals surface area contributed by atoms with E-state index >= 15 is 0 Å². The monoisotopic (exact) mass is 377 g/mol. The average molecular weight is 377 g/mol. The number of rotatable bonds is 5. The van der Waals surface area contributed by atoms with E-state index in [9.17, 15) is 13.2 Å². The molecule has 8 heteroatoms. The molecule has 2 heterocycles. The van der Waals surface area contributed by atoms with Gasteiger partial charge in [0.25, 0.3) is 15.9 Å². The van der Waals surface area contributed by atoms with Gasteiger partial charge in [0.1, 0.15) is 11.5 Å². The number of benzene rings is 1. The minimum Gasteiger partial charge on any atom is -0.378 e. The van der Waals surface area contributed by atoms with Crippen LogP contribution in [0.2, 0.25) is 0 Å². The summed E-state index contributed by atoms with van der Waals surface area (Å²) in [5.74, 6) is 0.423. The minimum atomic E-state index is -3.72. The molecule has 26 heavy (non-hydrogen) atoms. The van der Waals surface area contributed by atoms with Crippen LogP contribution in [0.3, 0.4) is 0 Å². The molecule has 0 radical (unpaired) electrons. The summed E-state index contributed by atoms with van der Waals surface area (Å²) in [6, 6.07) is 9.91. The van der Waals surface area contributed by atoms with E-state index in [-0.39, 0.29) is 16.6 Å². The SMILES string of the molecule is CC(C)c1ccc(S(=O)(=O)Nc2ccc(C(=O)N3CCOCC3)[nH]2)cc1. The van der Waals surface area contributed by atoms with Gasteiger partial charge in [0, 0.05) is 13.1 Å². The lowest BCUT2D eigenvalue weighted by atomic mass is 10.0. The molecule has 3 rings (SSSR count). The smallest absolute Gasteiger partial charge is 0.270 e. The lowest BCUT2D eigenvalue weighted by Gasteiger charge is -2.26. The van der Waals surface area contributed by atoms with Gasteiger partial charge in [0.15, 0.2) is 0 Å². The van der Waals surface area contributed by atoms with Gasteiger partial charge in [-0.15, -0.1) is 0 Å². The zero-order valence-corrected chi connectivity index (χ0v) is 15.7. The zero-order valence-electron chi connectivity index (χ0n) is 14.9. The molecule has 1 amide bonds. The molecule has 0 bridgehead atoms. The van der Waals surface area contributed by atoms with E-state index in [2.05, 4.69) is 9.71 Å². The van der Waals surface area contributed by atoms with Crippen LogP contribution in [-0.2, 0) is 14.8 Å². The van der Waals surface area contributed by atoms with E-state index in [1.807, 2.05) is 13.8 Å². The van der Waals surface area contributed by atoms with Crippen molar-refractivity contribution in [2.45, 2.75) is 24.7 Å². The first-order valence-electron chi connectivity index (χ1n) is 8.55. The number of anilines is 1. The molecule has 1 aromatic carbocycles. The molecular formula is C18H23N3O4S. The van der Waals surface area contributed by atoms with Gasteiger partial charge in [-0.2, -0.15) is 0 Å². The number of amides is 1. The van der Waals surface area contributed by atoms with Gasteiger partial charge in [0.2, 0.25) is 0 Å². The van der Waals surface area contributed by atoms with Crippen LogP contribution >= 0.6 is 0 Å². The molecule has 2 N–H and O–H groups in total. The maximum absolute atomic E-state index is 12.5. The number of nitrogens with zero attached hydrogens (tertiary/aromatic N) is 1. The van der Waals surface area contributed by atoms with Crippen molar-refractivity contribution in [3.63, 3.8) is 0 Å². The van der Waals surface area contributed by atoms with Crippen LogP contribution in [0.5, 0.6) is 0 Å². The molecule has 2 aromatic rings. The summed E-state index contributed by atoms with van der Waals surface area (Å²) in [5.41, 5.74) is 1.42. The van der Waals surface area contributed by atoms with Crippen molar-refractivity contribution in [3.05, 3.63) is 47.7 Å². The highest BCUT2D eigenvalue weighted by Crippen LogP contribution is 2.20. The number of carbonyl (C=O) groups is 1. The molecule has 0 saturated carbocycles. The predicted molar refractivity (Wildman–Crippen MR) is 98.9 cm³/mol. The number of nitrogens with one attached hydrogen (secondary N) is 2. The molecule has 1 aromatic heterocycles. The van der Waals surface area contributed by atoms with Gasteiger partial charge in [-0.3, -0.25) is 9.52 Å². The fourth-order valence-corrected chi connectivity index (χ4v) is 3.77. The van der Waals surface area contributed by atoms with Gasteiger partial charge >= 0.3 is 0 Å². The van der Waals surface area contributed by atoms with Crippen molar-refractivity contribution in [2.75, 3.05) is 31.0 Å². The number of H-pyrrole nitrogens is 1. The molecule has 1 saturated heterocycles. The van der Waals surface area contributed by atoms with E-state index in [0.717, 1.165) is 5.56 Å². The first-order chi connectivity index (χ1) is 12.4. The number of aromatic amines is 1. The number of sulfonamides is 1. The predicted octanol–water partition coefficient (Wildman–Crippen LogP) is 2.41. The Balaban J connectivity index is 1.72. The third-order valence-corrected chi connectivity index (χ3v) is 5.70. The highest BCUT2D eigenvalue weighted by molar-refractivity contribution is 7.92. The van der Waals surface area contributed by atoms with E-state index in [4.69, 9.17) is 4.74 Å². The number of aromatic nitrogens is 1. The largest absolute Gasteiger partial charge is 0.378 e. The first-order valence-corrected chi connectivity index (χ1v) is 10.0. The van der Waals surface area contributed by atoms with Crippen LogP contribution < -0.4 is 4.72 Å². The second kappa shape index (κ2) is 7.51. The normalized spacial score (nSPS) is 15.3. The first kappa shape index (κ1) is 18.5. The molecule has 0 unspecified atom stereocenters.